The topological polar surface area (TPSA) is 76.5 Å². The molecule has 0 N–H and O–H groups in total. The molecule has 6 nitrogen and oxygen atoms in total. The van der Waals surface area contributed by atoms with Crippen molar-refractivity contribution >= 4 is 32.8 Å². The Kier molecular flexibility index (Phi) is 4.77. The molecule has 3 heterocycles. The fourth-order valence-electron chi connectivity index (χ4n) is 4.76. The van der Waals surface area contributed by atoms with Crippen LogP contribution in [0.15, 0.2) is 90.0 Å². The average molecular weight is 470 g/mol. The second kappa shape index (κ2) is 7.89. The van der Waals surface area contributed by atoms with Gasteiger partial charge in [-0.15, -0.1) is 0 Å². The van der Waals surface area contributed by atoms with Crippen LogP contribution in [0.5, 0.6) is 0 Å². The first kappa shape index (κ1) is 21.8. The van der Waals surface area contributed by atoms with Crippen molar-refractivity contribution < 1.29 is 0 Å². The molecule has 174 valence electrons. The van der Waals surface area contributed by atoms with Crippen LogP contribution in [0.3, 0.4) is 0 Å². The normalized spacial score (nSPS) is 11.8. The number of benzene rings is 3. The number of imidazole rings is 1. The molecule has 0 amide bonds. The molecule has 0 atom stereocenters. The summed E-state index contributed by atoms with van der Waals surface area (Å²) in [7, 11) is 1.77. The molecule has 0 bridgehead atoms. The van der Waals surface area contributed by atoms with Gasteiger partial charge in [0.15, 0.2) is 0 Å². The van der Waals surface area contributed by atoms with Gasteiger partial charge in [0.05, 0.1) is 45.4 Å². The summed E-state index contributed by atoms with van der Waals surface area (Å²) in [5.41, 5.74) is 6.34. The maximum Gasteiger partial charge on any atom is 0.333 e. The van der Waals surface area contributed by atoms with Crippen LogP contribution in [0.25, 0.3) is 49.7 Å². The zero-order chi connectivity index (χ0) is 25.0. The van der Waals surface area contributed by atoms with Gasteiger partial charge in [0.1, 0.15) is 0 Å². The van der Waals surface area contributed by atoms with Crippen molar-refractivity contribution in [1.82, 2.24) is 19.1 Å². The number of nitriles is 1. The third-order valence-electron chi connectivity index (χ3n) is 6.95. The Labute approximate surface area is 207 Å². The zero-order valence-corrected chi connectivity index (χ0v) is 20.2. The largest absolute Gasteiger partial charge is 0.333 e. The Bertz CT molecular complexity index is 1900. The van der Waals surface area contributed by atoms with Crippen LogP contribution >= 0.6 is 0 Å². The summed E-state index contributed by atoms with van der Waals surface area (Å²) in [5.74, 6) is 0. The molecule has 0 aliphatic rings. The number of rotatable bonds is 3. The van der Waals surface area contributed by atoms with Crippen molar-refractivity contribution in [3.63, 3.8) is 0 Å². The van der Waals surface area contributed by atoms with Crippen molar-refractivity contribution in [2.75, 3.05) is 0 Å². The quantitative estimate of drug-likeness (QED) is 0.324. The Morgan fingerprint density at radius 1 is 0.889 bits per heavy atom. The first-order valence-corrected chi connectivity index (χ1v) is 11.7. The fraction of sp³-hybridized carbons (Fsp3) is 0.133. The summed E-state index contributed by atoms with van der Waals surface area (Å²) in [6.45, 7) is 3.77. The van der Waals surface area contributed by atoms with Gasteiger partial charge in [0.2, 0.25) is 0 Å². The first-order chi connectivity index (χ1) is 17.4. The lowest BCUT2D eigenvalue weighted by molar-refractivity contribution is 0.686. The monoisotopic (exact) mass is 469 g/mol. The molecular formula is C30H23N5O. The minimum atomic E-state index is -0.608. The summed E-state index contributed by atoms with van der Waals surface area (Å²) in [6, 6.07) is 26.4. The minimum Gasteiger partial charge on any atom is -0.293 e. The highest BCUT2D eigenvalue weighted by Crippen LogP contribution is 2.31. The van der Waals surface area contributed by atoms with Crippen LogP contribution in [-0.2, 0) is 12.5 Å². The van der Waals surface area contributed by atoms with Crippen molar-refractivity contribution in [3.05, 3.63) is 101 Å². The highest BCUT2D eigenvalue weighted by molar-refractivity contribution is 6.05. The highest BCUT2D eigenvalue weighted by atomic mass is 16.1. The molecule has 0 spiro atoms. The van der Waals surface area contributed by atoms with Crippen LogP contribution in [0.4, 0.5) is 0 Å². The molecule has 6 heteroatoms. The number of aromatic nitrogens is 4. The number of fused-ring (bicyclic) bond motifs is 4. The summed E-state index contributed by atoms with van der Waals surface area (Å²) in [4.78, 5) is 22.5. The van der Waals surface area contributed by atoms with Crippen LogP contribution in [0.1, 0.15) is 19.4 Å². The van der Waals surface area contributed by atoms with Crippen LogP contribution in [0.2, 0.25) is 0 Å². The Morgan fingerprint density at radius 2 is 1.61 bits per heavy atom. The molecule has 0 aliphatic carbocycles. The van der Waals surface area contributed by atoms with Crippen LogP contribution in [-0.4, -0.2) is 19.1 Å². The summed E-state index contributed by atoms with van der Waals surface area (Å²) < 4.78 is 3.36. The Balaban J connectivity index is 1.59. The van der Waals surface area contributed by atoms with Crippen molar-refractivity contribution in [2.45, 2.75) is 19.3 Å². The molecule has 6 aromatic rings. The molecule has 3 aromatic carbocycles. The van der Waals surface area contributed by atoms with Gasteiger partial charge in [-0.1, -0.05) is 30.3 Å². The average Bonchev–Trinajstić information content (AvgIpc) is 3.18. The molecule has 0 radical (unpaired) electrons. The smallest absolute Gasteiger partial charge is 0.293 e. The number of hydrogen-bond donors (Lipinski definition) is 0. The molecule has 0 unspecified atom stereocenters. The number of hydrogen-bond acceptors (Lipinski definition) is 4. The van der Waals surface area contributed by atoms with E-state index < -0.39 is 5.41 Å². The van der Waals surface area contributed by atoms with E-state index in [9.17, 15) is 10.1 Å². The Hall–Kier alpha value is -4.76. The summed E-state index contributed by atoms with van der Waals surface area (Å²) in [5, 5.41) is 11.5. The third kappa shape index (κ3) is 3.29. The lowest BCUT2D eigenvalue weighted by Crippen LogP contribution is -2.21. The molecule has 0 aliphatic heterocycles. The maximum absolute atomic E-state index is 13.4. The number of aryl methyl sites for hydroxylation is 1. The van der Waals surface area contributed by atoms with Crippen molar-refractivity contribution in [1.29, 1.82) is 5.26 Å². The molecule has 36 heavy (non-hydrogen) atoms. The van der Waals surface area contributed by atoms with Gasteiger partial charge < -0.3 is 0 Å². The summed E-state index contributed by atoms with van der Waals surface area (Å²) in [6.07, 6.45) is 3.55. The first-order valence-electron chi connectivity index (χ1n) is 11.7. The highest BCUT2D eigenvalue weighted by Gasteiger charge is 2.21. The van der Waals surface area contributed by atoms with Crippen LogP contribution in [0, 0.1) is 11.3 Å². The van der Waals surface area contributed by atoms with Crippen LogP contribution < -0.4 is 5.69 Å². The Morgan fingerprint density at radius 3 is 2.36 bits per heavy atom. The standard InChI is InChI=1S/C30H23N5O/c1-30(2,18-31)22-8-10-23(11-9-22)35-28-24-16-20(19-6-12-25-21(15-19)5-4-14-32-25)7-13-26(24)33-17-27(28)34(3)29(35)36/h4-17H,1-3H3. The van der Waals surface area contributed by atoms with Gasteiger partial charge in [0.25, 0.3) is 0 Å². The molecule has 3 aromatic heterocycles. The maximum atomic E-state index is 13.4. The van der Waals surface area contributed by atoms with Gasteiger partial charge in [0, 0.05) is 24.0 Å². The van der Waals surface area contributed by atoms with Gasteiger partial charge in [-0.05, 0) is 73.0 Å². The van der Waals surface area contributed by atoms with E-state index in [1.165, 1.54) is 0 Å². The lowest BCUT2D eigenvalue weighted by Gasteiger charge is -2.16. The van der Waals surface area contributed by atoms with E-state index in [2.05, 4.69) is 46.4 Å². The van der Waals surface area contributed by atoms with E-state index in [-0.39, 0.29) is 5.69 Å². The van der Waals surface area contributed by atoms with Gasteiger partial charge >= 0.3 is 5.69 Å². The number of nitrogens with zero attached hydrogens (tertiary/aromatic N) is 5. The molecule has 0 fully saturated rings. The second-order valence-corrected chi connectivity index (χ2v) is 9.60. The van der Waals surface area contributed by atoms with E-state index in [1.54, 1.807) is 28.6 Å². The van der Waals surface area contributed by atoms with Gasteiger partial charge in [-0.25, -0.2) is 4.79 Å². The zero-order valence-electron chi connectivity index (χ0n) is 20.2. The van der Waals surface area contributed by atoms with Crippen molar-refractivity contribution in [2.24, 2.45) is 7.05 Å². The van der Waals surface area contributed by atoms with Crippen molar-refractivity contribution in [3.8, 4) is 22.9 Å². The van der Waals surface area contributed by atoms with Gasteiger partial charge in [-0.3, -0.25) is 19.1 Å². The summed E-state index contributed by atoms with van der Waals surface area (Å²) >= 11 is 0. The second-order valence-electron chi connectivity index (χ2n) is 9.60. The molecular weight excluding hydrogens is 446 g/mol. The molecule has 0 saturated heterocycles. The predicted octanol–water partition coefficient (Wildman–Crippen LogP) is 5.89. The van der Waals surface area contributed by atoms with E-state index in [0.717, 1.165) is 55.2 Å². The molecule has 0 saturated carbocycles. The SMILES string of the molecule is Cn1c(=O)n(-c2ccc(C(C)(C)C#N)cc2)c2c3cc(-c4ccc5ncccc5c4)ccc3ncc21. The van der Waals surface area contributed by atoms with E-state index in [0.29, 0.717) is 0 Å². The third-order valence-corrected chi connectivity index (χ3v) is 6.95. The van der Waals surface area contributed by atoms with E-state index in [1.807, 2.05) is 56.3 Å². The minimum absolute atomic E-state index is 0.145. The predicted molar refractivity (Wildman–Crippen MR) is 143 cm³/mol. The number of pyridine rings is 2. The van der Waals surface area contributed by atoms with Gasteiger partial charge in [-0.2, -0.15) is 5.26 Å². The lowest BCUT2D eigenvalue weighted by atomic mass is 9.86. The molecule has 6 rings (SSSR count). The van der Waals surface area contributed by atoms with E-state index >= 15 is 0 Å². The fourth-order valence-corrected chi connectivity index (χ4v) is 4.76. The van der Waals surface area contributed by atoms with E-state index in [4.69, 9.17) is 0 Å².